The Labute approximate surface area is 163 Å². The van der Waals surface area contributed by atoms with Crippen molar-refractivity contribution in [3.63, 3.8) is 0 Å². The minimum Gasteiger partial charge on any atom is -0.481 e. The predicted molar refractivity (Wildman–Crippen MR) is 104 cm³/mol. The molecule has 28 heavy (non-hydrogen) atoms. The summed E-state index contributed by atoms with van der Waals surface area (Å²) in [5.74, 6) is -0.899. The Morgan fingerprint density at radius 3 is 2.71 bits per heavy atom. The molecule has 1 unspecified atom stereocenters. The van der Waals surface area contributed by atoms with Crippen LogP contribution < -0.4 is 10.6 Å². The first-order valence-electron chi connectivity index (χ1n) is 9.32. The number of nitrogens with one attached hydrogen (secondary N) is 2. The van der Waals surface area contributed by atoms with Gasteiger partial charge in [0.15, 0.2) is 0 Å². The maximum atomic E-state index is 12.4. The SMILES string of the molecule is O=C(O)CC1Cc2ccc(C(=O)NCCNc3ccccn3)cc2CCC1=O. The van der Waals surface area contributed by atoms with Crippen molar-refractivity contribution >= 4 is 23.5 Å². The van der Waals surface area contributed by atoms with Crippen LogP contribution in [0.25, 0.3) is 0 Å². The Kier molecular flexibility index (Phi) is 6.37. The van der Waals surface area contributed by atoms with E-state index in [-0.39, 0.29) is 18.1 Å². The fourth-order valence-electron chi connectivity index (χ4n) is 3.37. The molecule has 0 fully saturated rings. The molecular formula is C21H23N3O4. The smallest absolute Gasteiger partial charge is 0.304 e. The zero-order valence-corrected chi connectivity index (χ0v) is 15.5. The normalized spacial score (nSPS) is 16.0. The van der Waals surface area contributed by atoms with E-state index in [1.165, 1.54) is 0 Å². The van der Waals surface area contributed by atoms with Gasteiger partial charge in [-0.25, -0.2) is 4.98 Å². The molecule has 0 saturated carbocycles. The molecule has 7 nitrogen and oxygen atoms in total. The number of fused-ring (bicyclic) bond motifs is 1. The monoisotopic (exact) mass is 381 g/mol. The van der Waals surface area contributed by atoms with Crippen LogP contribution in [0.4, 0.5) is 5.82 Å². The lowest BCUT2D eigenvalue weighted by atomic mass is 9.92. The summed E-state index contributed by atoms with van der Waals surface area (Å²) in [4.78, 5) is 39.7. The number of carboxylic acids is 1. The second kappa shape index (κ2) is 9.12. The van der Waals surface area contributed by atoms with Crippen LogP contribution in [0.2, 0.25) is 0 Å². The lowest BCUT2D eigenvalue weighted by Gasteiger charge is -2.12. The third-order valence-corrected chi connectivity index (χ3v) is 4.83. The number of nitrogens with zero attached hydrogens (tertiary/aromatic N) is 1. The zero-order chi connectivity index (χ0) is 19.9. The van der Waals surface area contributed by atoms with Crippen LogP contribution in [-0.4, -0.2) is 40.8 Å². The lowest BCUT2D eigenvalue weighted by Crippen LogP contribution is -2.29. The van der Waals surface area contributed by atoms with Crippen LogP contribution in [0.15, 0.2) is 42.6 Å². The van der Waals surface area contributed by atoms with Gasteiger partial charge in [0, 0.05) is 37.2 Å². The topological polar surface area (TPSA) is 108 Å². The molecule has 1 aliphatic rings. The first-order chi connectivity index (χ1) is 13.5. The van der Waals surface area contributed by atoms with Crippen LogP contribution >= 0.6 is 0 Å². The summed E-state index contributed by atoms with van der Waals surface area (Å²) in [6.45, 7) is 1.00. The number of pyridine rings is 1. The summed E-state index contributed by atoms with van der Waals surface area (Å²) in [5, 5.41) is 15.0. The quantitative estimate of drug-likeness (QED) is 0.500. The second-order valence-corrected chi connectivity index (χ2v) is 6.85. The highest BCUT2D eigenvalue weighted by Crippen LogP contribution is 2.25. The average Bonchev–Trinajstić information content (AvgIpc) is 2.84. The molecule has 1 aliphatic carbocycles. The Morgan fingerprint density at radius 2 is 1.96 bits per heavy atom. The molecule has 0 aliphatic heterocycles. The number of Topliss-reactive ketones (excluding diaryl/α,β-unsaturated/α-hetero) is 1. The van der Waals surface area contributed by atoms with Crippen molar-refractivity contribution < 1.29 is 19.5 Å². The summed E-state index contributed by atoms with van der Waals surface area (Å²) in [6.07, 6.45) is 2.80. The first-order valence-corrected chi connectivity index (χ1v) is 9.32. The number of benzene rings is 1. The number of amides is 1. The third-order valence-electron chi connectivity index (χ3n) is 4.83. The van der Waals surface area contributed by atoms with Crippen LogP contribution in [0.1, 0.15) is 34.3 Å². The van der Waals surface area contributed by atoms with Gasteiger partial charge >= 0.3 is 5.97 Å². The zero-order valence-electron chi connectivity index (χ0n) is 15.5. The van der Waals surface area contributed by atoms with Gasteiger partial charge in [-0.05, 0) is 48.2 Å². The maximum absolute atomic E-state index is 12.4. The van der Waals surface area contributed by atoms with Crippen LogP contribution in [-0.2, 0) is 22.4 Å². The number of aliphatic carboxylic acids is 1. The van der Waals surface area contributed by atoms with Crippen molar-refractivity contribution in [1.29, 1.82) is 0 Å². The second-order valence-electron chi connectivity index (χ2n) is 6.85. The number of carbonyl (C=O) groups is 3. The molecule has 1 aromatic carbocycles. The lowest BCUT2D eigenvalue weighted by molar-refractivity contribution is -0.140. The number of carboxylic acid groups (broad SMARTS) is 1. The van der Waals surface area contributed by atoms with E-state index in [0.29, 0.717) is 37.9 Å². The van der Waals surface area contributed by atoms with Gasteiger partial charge in [0.05, 0.1) is 6.42 Å². The van der Waals surface area contributed by atoms with Crippen LogP contribution in [0.3, 0.4) is 0 Å². The highest BCUT2D eigenvalue weighted by molar-refractivity contribution is 5.94. The molecular weight excluding hydrogens is 358 g/mol. The number of carbonyl (C=O) groups excluding carboxylic acids is 2. The molecule has 1 aromatic heterocycles. The molecule has 0 spiro atoms. The Balaban J connectivity index is 1.57. The van der Waals surface area contributed by atoms with Gasteiger partial charge in [-0.2, -0.15) is 0 Å². The molecule has 1 amide bonds. The van der Waals surface area contributed by atoms with Gasteiger partial charge in [-0.15, -0.1) is 0 Å². The van der Waals surface area contributed by atoms with E-state index < -0.39 is 11.9 Å². The number of anilines is 1. The molecule has 3 N–H and O–H groups in total. The summed E-state index contributed by atoms with van der Waals surface area (Å²) >= 11 is 0. The fraction of sp³-hybridized carbons (Fsp3) is 0.333. The van der Waals surface area contributed by atoms with E-state index >= 15 is 0 Å². The van der Waals surface area contributed by atoms with Gasteiger partial charge in [-0.3, -0.25) is 14.4 Å². The molecule has 3 rings (SSSR count). The van der Waals surface area contributed by atoms with Crippen molar-refractivity contribution in [2.45, 2.75) is 25.7 Å². The molecule has 0 saturated heterocycles. The minimum absolute atomic E-state index is 0.0230. The number of ketones is 1. The maximum Gasteiger partial charge on any atom is 0.304 e. The van der Waals surface area contributed by atoms with Gasteiger partial charge in [0.2, 0.25) is 0 Å². The molecule has 146 valence electrons. The highest BCUT2D eigenvalue weighted by Gasteiger charge is 2.26. The first kappa shape index (κ1) is 19.5. The van der Waals surface area contributed by atoms with E-state index in [0.717, 1.165) is 16.9 Å². The molecule has 0 bridgehead atoms. The van der Waals surface area contributed by atoms with E-state index in [2.05, 4.69) is 15.6 Å². The minimum atomic E-state index is -0.961. The third kappa shape index (κ3) is 5.16. The van der Waals surface area contributed by atoms with Gasteiger partial charge in [0.1, 0.15) is 11.6 Å². The molecule has 1 atom stereocenters. The Bertz CT molecular complexity index is 867. The fourth-order valence-corrected chi connectivity index (χ4v) is 3.37. The predicted octanol–water partition coefficient (Wildman–Crippen LogP) is 2.07. The summed E-state index contributed by atoms with van der Waals surface area (Å²) in [5.41, 5.74) is 2.44. The summed E-state index contributed by atoms with van der Waals surface area (Å²) in [7, 11) is 0. The average molecular weight is 381 g/mol. The van der Waals surface area contributed by atoms with E-state index in [1.807, 2.05) is 30.3 Å². The molecule has 0 radical (unpaired) electrons. The number of aromatic nitrogens is 1. The van der Waals surface area contributed by atoms with Crippen molar-refractivity contribution in [3.8, 4) is 0 Å². The van der Waals surface area contributed by atoms with Crippen molar-refractivity contribution in [2.24, 2.45) is 5.92 Å². The van der Waals surface area contributed by atoms with Gasteiger partial charge in [-0.1, -0.05) is 12.1 Å². The number of rotatable bonds is 7. The summed E-state index contributed by atoms with van der Waals surface area (Å²) < 4.78 is 0. The summed E-state index contributed by atoms with van der Waals surface area (Å²) in [6, 6.07) is 11.0. The molecule has 7 heteroatoms. The molecule has 1 heterocycles. The van der Waals surface area contributed by atoms with E-state index in [9.17, 15) is 14.4 Å². The number of aryl methyl sites for hydroxylation is 1. The van der Waals surface area contributed by atoms with E-state index in [1.54, 1.807) is 12.3 Å². The van der Waals surface area contributed by atoms with Crippen molar-refractivity contribution in [3.05, 3.63) is 59.3 Å². The van der Waals surface area contributed by atoms with Crippen LogP contribution in [0.5, 0.6) is 0 Å². The van der Waals surface area contributed by atoms with E-state index in [4.69, 9.17) is 5.11 Å². The highest BCUT2D eigenvalue weighted by atomic mass is 16.4. The van der Waals surface area contributed by atoms with Gasteiger partial charge in [0.25, 0.3) is 5.91 Å². The van der Waals surface area contributed by atoms with Crippen molar-refractivity contribution in [1.82, 2.24) is 10.3 Å². The number of hydrogen-bond donors (Lipinski definition) is 3. The molecule has 2 aromatic rings. The largest absolute Gasteiger partial charge is 0.481 e. The Morgan fingerprint density at radius 1 is 1.11 bits per heavy atom. The standard InChI is InChI=1S/C21H23N3O4/c25-18-7-6-15-11-16(5-4-14(15)12-17(18)13-20(26)27)21(28)24-10-9-23-19-3-1-2-8-22-19/h1-5,8,11,17H,6-7,9-10,12-13H2,(H,22,23)(H,24,28)(H,26,27). The van der Waals surface area contributed by atoms with Crippen LogP contribution in [0, 0.1) is 5.92 Å². The van der Waals surface area contributed by atoms with Crippen molar-refractivity contribution in [2.75, 3.05) is 18.4 Å². The number of hydrogen-bond acceptors (Lipinski definition) is 5. The Hall–Kier alpha value is -3.22. The van der Waals surface area contributed by atoms with Gasteiger partial charge < -0.3 is 15.7 Å².